The van der Waals surface area contributed by atoms with Gasteiger partial charge in [0.1, 0.15) is 16.6 Å². The third-order valence-electron chi connectivity index (χ3n) is 1.81. The molecule has 4 heteroatoms. The molecule has 0 saturated carbocycles. The van der Waals surface area contributed by atoms with Crippen LogP contribution in [-0.4, -0.2) is 15.6 Å². The monoisotopic (exact) mass is 228 g/mol. The van der Waals surface area contributed by atoms with Crippen molar-refractivity contribution < 1.29 is 4.74 Å². The van der Waals surface area contributed by atoms with Gasteiger partial charge in [0.05, 0.1) is 0 Å². The van der Waals surface area contributed by atoms with Crippen LogP contribution in [0.3, 0.4) is 0 Å². The Morgan fingerprint density at radius 3 is 2.33 bits per heavy atom. The number of hydrogen-bond acceptors (Lipinski definition) is 3. The van der Waals surface area contributed by atoms with Gasteiger partial charge in [-0.2, -0.15) is 4.98 Å². The molecule has 0 bridgehead atoms. The quantitative estimate of drug-likeness (QED) is 0.730. The highest BCUT2D eigenvalue weighted by Crippen LogP contribution is 2.25. The fraction of sp³-hybridized carbons (Fsp3) is 0.636. The van der Waals surface area contributed by atoms with Crippen molar-refractivity contribution in [2.75, 3.05) is 0 Å². The normalized spacial score (nSPS) is 11.6. The molecule has 15 heavy (non-hydrogen) atoms. The molecule has 0 saturated heterocycles. The molecular weight excluding hydrogens is 212 g/mol. The highest BCUT2D eigenvalue weighted by atomic mass is 35.5. The maximum Gasteiger partial charge on any atom is 0.221 e. The molecule has 0 N–H and O–H groups in total. The van der Waals surface area contributed by atoms with E-state index in [9.17, 15) is 0 Å². The summed E-state index contributed by atoms with van der Waals surface area (Å²) >= 11 is 6.00. The van der Waals surface area contributed by atoms with Crippen LogP contribution in [0.25, 0.3) is 0 Å². The van der Waals surface area contributed by atoms with Crippen LogP contribution in [0.15, 0.2) is 0 Å². The Hall–Kier alpha value is -0.830. The van der Waals surface area contributed by atoms with Crippen molar-refractivity contribution in [2.45, 2.75) is 46.6 Å². The summed E-state index contributed by atoms with van der Waals surface area (Å²) in [5.41, 5.74) is 0.525. The first-order chi connectivity index (χ1) is 6.83. The number of nitrogens with zero attached hydrogens (tertiary/aromatic N) is 2. The summed E-state index contributed by atoms with van der Waals surface area (Å²) in [6.45, 7) is 9.79. The van der Waals surface area contributed by atoms with Crippen molar-refractivity contribution in [2.24, 2.45) is 0 Å². The first-order valence-electron chi connectivity index (χ1n) is 5.05. The van der Waals surface area contributed by atoms with E-state index in [4.69, 9.17) is 16.3 Å². The van der Waals surface area contributed by atoms with Crippen LogP contribution in [0, 0.1) is 6.92 Å². The van der Waals surface area contributed by atoms with Crippen molar-refractivity contribution in [3.63, 3.8) is 0 Å². The highest BCUT2D eigenvalue weighted by Gasteiger charge is 2.17. The Labute approximate surface area is 95.8 Å². The van der Waals surface area contributed by atoms with Gasteiger partial charge in [-0.3, -0.25) is 0 Å². The summed E-state index contributed by atoms with van der Waals surface area (Å²) in [6, 6.07) is 0. The van der Waals surface area contributed by atoms with Crippen molar-refractivity contribution in [3.8, 4) is 5.88 Å². The van der Waals surface area contributed by atoms with Crippen molar-refractivity contribution >= 4 is 11.6 Å². The summed E-state index contributed by atoms with van der Waals surface area (Å²) in [5, 5.41) is 0.473. The molecule has 0 aliphatic rings. The van der Waals surface area contributed by atoms with Gasteiger partial charge in [-0.25, -0.2) is 4.98 Å². The van der Waals surface area contributed by atoms with E-state index in [1.54, 1.807) is 0 Å². The lowest BCUT2D eigenvalue weighted by Crippen LogP contribution is -2.24. The van der Waals surface area contributed by atoms with E-state index < -0.39 is 0 Å². The number of aryl methyl sites for hydroxylation is 1. The molecule has 84 valence electrons. The molecule has 0 unspecified atom stereocenters. The van der Waals surface area contributed by atoms with E-state index in [1.165, 1.54) is 0 Å². The number of hydrogen-bond donors (Lipinski definition) is 0. The van der Waals surface area contributed by atoms with Crippen molar-refractivity contribution in [1.82, 2.24) is 9.97 Å². The maximum absolute atomic E-state index is 6.00. The maximum atomic E-state index is 6.00. The smallest absolute Gasteiger partial charge is 0.221 e. The van der Waals surface area contributed by atoms with Gasteiger partial charge in [0, 0.05) is 12.0 Å². The van der Waals surface area contributed by atoms with Gasteiger partial charge in [0.2, 0.25) is 5.88 Å². The summed E-state index contributed by atoms with van der Waals surface area (Å²) in [5.74, 6) is 1.30. The molecule has 0 atom stereocenters. The van der Waals surface area contributed by atoms with Crippen molar-refractivity contribution in [3.05, 3.63) is 16.5 Å². The second-order valence-corrected chi connectivity index (χ2v) is 4.79. The minimum absolute atomic E-state index is 0.270. The summed E-state index contributed by atoms with van der Waals surface area (Å²) in [7, 11) is 0. The Morgan fingerprint density at radius 1 is 1.27 bits per heavy atom. The molecule has 0 aliphatic heterocycles. The molecule has 0 fully saturated rings. The molecule has 0 aromatic carbocycles. The molecule has 0 radical (unpaired) electrons. The van der Waals surface area contributed by atoms with E-state index in [0.717, 1.165) is 12.0 Å². The average molecular weight is 229 g/mol. The van der Waals surface area contributed by atoms with E-state index >= 15 is 0 Å². The Balaban J connectivity index is 3.11. The van der Waals surface area contributed by atoms with Crippen LogP contribution >= 0.6 is 11.6 Å². The van der Waals surface area contributed by atoms with Crippen LogP contribution in [0.1, 0.15) is 39.1 Å². The van der Waals surface area contributed by atoms with Crippen molar-refractivity contribution in [1.29, 1.82) is 0 Å². The molecule has 1 aromatic rings. The Kier molecular flexibility index (Phi) is 3.55. The lowest BCUT2D eigenvalue weighted by Gasteiger charge is -2.22. The zero-order valence-corrected chi connectivity index (χ0v) is 10.6. The minimum Gasteiger partial charge on any atom is -0.472 e. The third-order valence-corrected chi connectivity index (χ3v) is 2.18. The Bertz CT molecular complexity index is 358. The molecule has 1 aromatic heterocycles. The van der Waals surface area contributed by atoms with Gasteiger partial charge in [0.15, 0.2) is 0 Å². The van der Waals surface area contributed by atoms with E-state index in [2.05, 4.69) is 9.97 Å². The lowest BCUT2D eigenvalue weighted by atomic mass is 10.2. The van der Waals surface area contributed by atoms with Gasteiger partial charge < -0.3 is 4.74 Å². The predicted molar refractivity (Wildman–Crippen MR) is 61.5 cm³/mol. The van der Waals surface area contributed by atoms with Crippen LogP contribution in [0.5, 0.6) is 5.88 Å². The largest absolute Gasteiger partial charge is 0.472 e. The van der Waals surface area contributed by atoms with E-state index in [-0.39, 0.29) is 5.60 Å². The number of aromatic nitrogens is 2. The molecule has 0 aliphatic carbocycles. The zero-order valence-electron chi connectivity index (χ0n) is 9.89. The van der Waals surface area contributed by atoms with E-state index in [0.29, 0.717) is 16.9 Å². The molecule has 1 heterocycles. The SMILES string of the molecule is CCc1nc(Cl)c(C)c(OC(C)(C)C)n1. The third kappa shape index (κ3) is 3.34. The number of ether oxygens (including phenoxy) is 1. The first kappa shape index (κ1) is 12.2. The number of halogens is 1. The van der Waals surface area contributed by atoms with Gasteiger partial charge in [-0.15, -0.1) is 0 Å². The first-order valence-corrected chi connectivity index (χ1v) is 5.43. The molecule has 1 rings (SSSR count). The van der Waals surface area contributed by atoms with Crippen LogP contribution in [-0.2, 0) is 6.42 Å². The predicted octanol–water partition coefficient (Wildman–Crippen LogP) is 3.18. The lowest BCUT2D eigenvalue weighted by molar-refractivity contribution is 0.122. The van der Waals surface area contributed by atoms with Gasteiger partial charge >= 0.3 is 0 Å². The summed E-state index contributed by atoms with van der Waals surface area (Å²) in [4.78, 5) is 8.48. The van der Waals surface area contributed by atoms with E-state index in [1.807, 2.05) is 34.6 Å². The summed E-state index contributed by atoms with van der Waals surface area (Å²) in [6.07, 6.45) is 0.750. The molecule has 3 nitrogen and oxygen atoms in total. The zero-order chi connectivity index (χ0) is 11.6. The van der Waals surface area contributed by atoms with Gasteiger partial charge in [0.25, 0.3) is 0 Å². The minimum atomic E-state index is -0.270. The summed E-state index contributed by atoms with van der Waals surface area (Å²) < 4.78 is 5.72. The van der Waals surface area contributed by atoms with Crippen LogP contribution in [0.2, 0.25) is 5.15 Å². The van der Waals surface area contributed by atoms with Gasteiger partial charge in [-0.05, 0) is 27.7 Å². The van der Waals surface area contributed by atoms with Crippen LogP contribution in [0.4, 0.5) is 0 Å². The second kappa shape index (κ2) is 4.35. The molecular formula is C11H17ClN2O. The second-order valence-electron chi connectivity index (χ2n) is 4.43. The standard InChI is InChI=1S/C11H17ClN2O/c1-6-8-13-9(12)7(2)10(14-8)15-11(3,4)5/h6H2,1-5H3. The fourth-order valence-electron chi connectivity index (χ4n) is 1.06. The topological polar surface area (TPSA) is 35.0 Å². The Morgan fingerprint density at radius 2 is 1.87 bits per heavy atom. The highest BCUT2D eigenvalue weighted by molar-refractivity contribution is 6.30. The molecule has 0 amide bonds. The van der Waals surface area contributed by atoms with Crippen LogP contribution < -0.4 is 4.74 Å². The van der Waals surface area contributed by atoms with Gasteiger partial charge in [-0.1, -0.05) is 18.5 Å². The molecule has 0 spiro atoms. The fourth-order valence-corrected chi connectivity index (χ4v) is 1.24. The number of rotatable bonds is 2. The average Bonchev–Trinajstić information content (AvgIpc) is 2.10.